The third-order valence-corrected chi connectivity index (χ3v) is 7.46. The van der Waals surface area contributed by atoms with Crippen LogP contribution in [0.4, 0.5) is 15.8 Å². The van der Waals surface area contributed by atoms with Crippen LogP contribution >= 0.6 is 0 Å². The van der Waals surface area contributed by atoms with Gasteiger partial charge in [0.1, 0.15) is 17.6 Å². The lowest BCUT2D eigenvalue weighted by Crippen LogP contribution is -2.43. The summed E-state index contributed by atoms with van der Waals surface area (Å²) in [4.78, 5) is 24.6. The highest BCUT2D eigenvalue weighted by atomic mass is 32.2. The first-order valence-corrected chi connectivity index (χ1v) is 11.3. The molecule has 2 heterocycles. The third kappa shape index (κ3) is 4.00. The van der Waals surface area contributed by atoms with E-state index in [4.69, 9.17) is 4.74 Å². The lowest BCUT2D eigenvalue weighted by Gasteiger charge is -2.27. The average Bonchev–Trinajstić information content (AvgIpc) is 3.21. The van der Waals surface area contributed by atoms with Crippen LogP contribution in [0, 0.1) is 12.7 Å². The van der Waals surface area contributed by atoms with Gasteiger partial charge in [-0.25, -0.2) is 12.8 Å². The molecule has 1 fully saturated rings. The van der Waals surface area contributed by atoms with E-state index in [2.05, 4.69) is 10.6 Å². The maximum absolute atomic E-state index is 13.5. The Hall–Kier alpha value is -2.98. The molecule has 2 aliphatic rings. The predicted octanol–water partition coefficient (Wildman–Crippen LogP) is 2.65. The summed E-state index contributed by atoms with van der Waals surface area (Å²) < 4.78 is 46.7. The lowest BCUT2D eigenvalue weighted by molar-refractivity contribution is -0.122. The first-order chi connectivity index (χ1) is 14.7. The van der Waals surface area contributed by atoms with Crippen molar-refractivity contribution >= 4 is 33.2 Å². The molecule has 31 heavy (non-hydrogen) atoms. The van der Waals surface area contributed by atoms with E-state index in [9.17, 15) is 22.4 Å². The molecule has 2 atom stereocenters. The van der Waals surface area contributed by atoms with Crippen LogP contribution in [0.5, 0.6) is 5.75 Å². The summed E-state index contributed by atoms with van der Waals surface area (Å²) in [5.74, 6) is -0.943. The highest BCUT2D eigenvalue weighted by Gasteiger charge is 2.40. The van der Waals surface area contributed by atoms with Crippen LogP contribution in [0.25, 0.3) is 0 Å². The van der Waals surface area contributed by atoms with Crippen molar-refractivity contribution in [2.75, 3.05) is 17.2 Å². The van der Waals surface area contributed by atoms with Crippen LogP contribution < -0.4 is 15.4 Å². The maximum Gasteiger partial charge on any atom is 0.265 e. The van der Waals surface area contributed by atoms with E-state index in [1.165, 1.54) is 34.6 Å². The van der Waals surface area contributed by atoms with Crippen molar-refractivity contribution in [3.63, 3.8) is 0 Å². The Balaban J connectivity index is 1.62. The molecule has 0 saturated carbocycles. The first kappa shape index (κ1) is 21.3. The Morgan fingerprint density at radius 1 is 1.26 bits per heavy atom. The third-order valence-electron chi connectivity index (χ3n) is 5.41. The Labute approximate surface area is 179 Å². The number of benzene rings is 2. The molecule has 0 bridgehead atoms. The van der Waals surface area contributed by atoms with Gasteiger partial charge in [-0.2, -0.15) is 4.31 Å². The van der Waals surface area contributed by atoms with Crippen molar-refractivity contribution in [1.82, 2.24) is 4.31 Å². The van der Waals surface area contributed by atoms with E-state index in [0.29, 0.717) is 29.8 Å². The minimum Gasteiger partial charge on any atom is -0.479 e. The number of carbonyl (C=O) groups is 2. The number of hydrogen-bond donors (Lipinski definition) is 2. The zero-order chi connectivity index (χ0) is 22.3. The molecule has 0 radical (unpaired) electrons. The van der Waals surface area contributed by atoms with Crippen molar-refractivity contribution < 1.29 is 27.1 Å². The summed E-state index contributed by atoms with van der Waals surface area (Å²) in [5, 5.41) is 5.35. The van der Waals surface area contributed by atoms with E-state index in [1.54, 1.807) is 19.9 Å². The molecule has 2 amide bonds. The molecule has 2 aliphatic heterocycles. The second-order valence-corrected chi connectivity index (χ2v) is 9.49. The van der Waals surface area contributed by atoms with Gasteiger partial charge in [0.25, 0.3) is 5.91 Å². The van der Waals surface area contributed by atoms with Crippen molar-refractivity contribution in [3.8, 4) is 5.75 Å². The molecular weight excluding hydrogens is 425 g/mol. The summed E-state index contributed by atoms with van der Waals surface area (Å²) in [6.07, 6.45) is 0.167. The molecule has 0 aromatic heterocycles. The summed E-state index contributed by atoms with van der Waals surface area (Å²) in [5.41, 5.74) is 1.23. The zero-order valence-electron chi connectivity index (χ0n) is 17.0. The van der Waals surface area contributed by atoms with Crippen LogP contribution in [-0.4, -0.2) is 43.2 Å². The van der Waals surface area contributed by atoms with Gasteiger partial charge >= 0.3 is 0 Å². The largest absolute Gasteiger partial charge is 0.479 e. The summed E-state index contributed by atoms with van der Waals surface area (Å²) in [7, 11) is -4.01. The van der Waals surface area contributed by atoms with Crippen molar-refractivity contribution in [3.05, 3.63) is 47.8 Å². The normalized spacial score (nSPS) is 21.2. The number of nitrogens with one attached hydrogen (secondary N) is 2. The minimum atomic E-state index is -4.01. The van der Waals surface area contributed by atoms with Crippen LogP contribution in [0.15, 0.2) is 41.3 Å². The van der Waals surface area contributed by atoms with Gasteiger partial charge in [0, 0.05) is 18.3 Å². The van der Waals surface area contributed by atoms with Crippen LogP contribution in [-0.2, 0) is 19.6 Å². The quantitative estimate of drug-likeness (QED) is 0.750. The Bertz CT molecular complexity index is 1150. The lowest BCUT2D eigenvalue weighted by atomic mass is 10.1. The molecule has 0 spiro atoms. The van der Waals surface area contributed by atoms with Gasteiger partial charge in [0.15, 0.2) is 6.10 Å². The van der Waals surface area contributed by atoms with Crippen LogP contribution in [0.2, 0.25) is 0 Å². The molecule has 0 unspecified atom stereocenters. The summed E-state index contributed by atoms with van der Waals surface area (Å²) in [6.45, 7) is 3.40. The van der Waals surface area contributed by atoms with Gasteiger partial charge in [-0.3, -0.25) is 9.59 Å². The van der Waals surface area contributed by atoms with Gasteiger partial charge in [0.2, 0.25) is 15.9 Å². The Kier molecular flexibility index (Phi) is 5.44. The molecule has 2 N–H and O–H groups in total. The van der Waals surface area contributed by atoms with E-state index in [0.717, 1.165) is 0 Å². The fourth-order valence-corrected chi connectivity index (χ4v) is 5.68. The number of aryl methyl sites for hydroxylation is 1. The molecule has 0 aliphatic carbocycles. The number of rotatable bonds is 4. The number of ether oxygens (including phenoxy) is 1. The molecule has 4 rings (SSSR count). The van der Waals surface area contributed by atoms with Gasteiger partial charge < -0.3 is 15.4 Å². The Morgan fingerprint density at radius 3 is 2.68 bits per heavy atom. The fourth-order valence-electron chi connectivity index (χ4n) is 3.80. The van der Waals surface area contributed by atoms with E-state index in [1.807, 2.05) is 0 Å². The molecular formula is C21H22FN3O5S. The van der Waals surface area contributed by atoms with Crippen molar-refractivity contribution in [1.29, 1.82) is 0 Å². The van der Waals surface area contributed by atoms with Gasteiger partial charge in [-0.15, -0.1) is 0 Å². The van der Waals surface area contributed by atoms with Gasteiger partial charge in [-0.1, -0.05) is 0 Å². The highest BCUT2D eigenvalue weighted by molar-refractivity contribution is 7.89. The molecule has 1 saturated heterocycles. The number of hydrogen-bond acceptors (Lipinski definition) is 5. The Morgan fingerprint density at radius 2 is 1.97 bits per heavy atom. The second-order valence-electron chi connectivity index (χ2n) is 7.63. The molecule has 164 valence electrons. The zero-order valence-corrected chi connectivity index (χ0v) is 17.8. The monoisotopic (exact) mass is 447 g/mol. The maximum atomic E-state index is 13.5. The second kappa shape index (κ2) is 7.93. The fraction of sp³-hybridized carbons (Fsp3) is 0.333. The average molecular weight is 447 g/mol. The van der Waals surface area contributed by atoms with Crippen LogP contribution in [0.3, 0.4) is 0 Å². The minimum absolute atomic E-state index is 0.0241. The SMILES string of the molecule is Cc1cc2c(cc1S(=O)(=O)N1CCC[C@H]1C(=O)Nc1ccc(F)cc1)O[C@H](C)C(=O)N2. The smallest absolute Gasteiger partial charge is 0.265 e. The number of nitrogens with zero attached hydrogens (tertiary/aromatic N) is 1. The molecule has 2 aromatic carbocycles. The number of anilines is 2. The number of sulfonamides is 1. The molecule has 8 nitrogen and oxygen atoms in total. The van der Waals surface area contributed by atoms with Gasteiger partial charge in [-0.05, 0) is 62.6 Å². The predicted molar refractivity (Wildman–Crippen MR) is 112 cm³/mol. The van der Waals surface area contributed by atoms with E-state index in [-0.39, 0.29) is 23.1 Å². The van der Waals surface area contributed by atoms with Crippen molar-refractivity contribution in [2.45, 2.75) is 43.7 Å². The summed E-state index contributed by atoms with van der Waals surface area (Å²) in [6, 6.07) is 7.33. The van der Waals surface area contributed by atoms with E-state index < -0.39 is 33.9 Å². The van der Waals surface area contributed by atoms with E-state index >= 15 is 0 Å². The standard InChI is InChI=1S/C21H22FN3O5S/c1-12-10-16-18(30-13(2)20(26)24-16)11-19(12)31(28,29)25-9-3-4-17(25)21(27)23-15-7-5-14(22)6-8-15/h5-8,10-11,13,17H,3-4,9H2,1-2H3,(H,23,27)(H,24,26)/t13-,17+/m1/s1. The van der Waals surface area contributed by atoms with Crippen LogP contribution in [0.1, 0.15) is 25.3 Å². The molecule has 2 aromatic rings. The number of halogens is 1. The first-order valence-electron chi connectivity index (χ1n) is 9.87. The summed E-state index contributed by atoms with van der Waals surface area (Å²) >= 11 is 0. The topological polar surface area (TPSA) is 105 Å². The number of fused-ring (bicyclic) bond motifs is 1. The number of carbonyl (C=O) groups excluding carboxylic acids is 2. The molecule has 10 heteroatoms. The number of amides is 2. The highest BCUT2D eigenvalue weighted by Crippen LogP contribution is 2.37. The van der Waals surface area contributed by atoms with Crippen molar-refractivity contribution in [2.24, 2.45) is 0 Å². The van der Waals surface area contributed by atoms with Gasteiger partial charge in [0.05, 0.1) is 10.6 Å².